The molecule has 0 saturated carbocycles. The second kappa shape index (κ2) is 6.01. The first-order valence-corrected chi connectivity index (χ1v) is 8.03. The zero-order valence-corrected chi connectivity index (χ0v) is 13.2. The van der Waals surface area contributed by atoms with Crippen LogP contribution in [0.25, 0.3) is 11.2 Å². The lowest BCUT2D eigenvalue weighted by Gasteiger charge is -2.16. The van der Waals surface area contributed by atoms with Crippen molar-refractivity contribution >= 4 is 11.2 Å². The summed E-state index contributed by atoms with van der Waals surface area (Å²) >= 11 is 0. The summed E-state index contributed by atoms with van der Waals surface area (Å²) in [5.74, 6) is 1.93. The maximum absolute atomic E-state index is 5.23. The molecule has 0 radical (unpaired) electrons. The van der Waals surface area contributed by atoms with Crippen LogP contribution in [0.4, 0.5) is 0 Å². The Kier molecular flexibility index (Phi) is 3.71. The highest BCUT2D eigenvalue weighted by atomic mass is 16.5. The molecule has 4 rings (SSSR count). The van der Waals surface area contributed by atoms with E-state index in [1.807, 2.05) is 30.5 Å². The predicted molar refractivity (Wildman–Crippen MR) is 89.6 cm³/mol. The van der Waals surface area contributed by atoms with Gasteiger partial charge in [0, 0.05) is 12.6 Å². The first-order valence-electron chi connectivity index (χ1n) is 8.03. The van der Waals surface area contributed by atoms with Crippen LogP contribution in [0.1, 0.15) is 30.4 Å². The molecule has 1 unspecified atom stereocenters. The predicted octanol–water partition coefficient (Wildman–Crippen LogP) is 2.91. The molecule has 1 aliphatic rings. The molecule has 1 aromatic carbocycles. The lowest BCUT2D eigenvalue weighted by molar-refractivity contribution is 0.414. The van der Waals surface area contributed by atoms with Crippen LogP contribution in [0, 0.1) is 0 Å². The summed E-state index contributed by atoms with van der Waals surface area (Å²) in [5, 5.41) is 3.56. The Morgan fingerprint density at radius 1 is 1.26 bits per heavy atom. The number of nitrogens with one attached hydrogen (secondary N) is 1. The summed E-state index contributed by atoms with van der Waals surface area (Å²) in [4.78, 5) is 9.38. The third-order valence-electron chi connectivity index (χ3n) is 4.39. The van der Waals surface area contributed by atoms with Crippen LogP contribution >= 0.6 is 0 Å². The molecule has 5 heteroatoms. The molecule has 3 heterocycles. The molecule has 2 aromatic heterocycles. The minimum Gasteiger partial charge on any atom is -0.497 e. The lowest BCUT2D eigenvalue weighted by Crippen LogP contribution is -2.22. The van der Waals surface area contributed by atoms with Crippen molar-refractivity contribution in [2.75, 3.05) is 13.7 Å². The fourth-order valence-electron chi connectivity index (χ4n) is 3.24. The third kappa shape index (κ3) is 2.68. The number of fused-ring (bicyclic) bond motifs is 1. The maximum Gasteiger partial charge on any atom is 0.161 e. The molecule has 0 amide bonds. The average Bonchev–Trinajstić information content (AvgIpc) is 3.22. The lowest BCUT2D eigenvalue weighted by atomic mass is 10.1. The van der Waals surface area contributed by atoms with Crippen molar-refractivity contribution in [3.8, 4) is 5.75 Å². The Labute approximate surface area is 135 Å². The first-order chi connectivity index (χ1) is 11.3. The van der Waals surface area contributed by atoms with Crippen molar-refractivity contribution in [3.05, 3.63) is 54.0 Å². The van der Waals surface area contributed by atoms with E-state index in [-0.39, 0.29) is 0 Å². The van der Waals surface area contributed by atoms with E-state index in [2.05, 4.69) is 27.0 Å². The second-order valence-electron chi connectivity index (χ2n) is 5.88. The molecule has 0 aliphatic carbocycles. The fraction of sp³-hybridized carbons (Fsp3) is 0.333. The van der Waals surface area contributed by atoms with Gasteiger partial charge in [0.15, 0.2) is 5.65 Å². The van der Waals surface area contributed by atoms with Crippen LogP contribution in [0.5, 0.6) is 5.75 Å². The zero-order valence-electron chi connectivity index (χ0n) is 13.2. The molecule has 0 spiro atoms. The summed E-state index contributed by atoms with van der Waals surface area (Å²) in [7, 11) is 1.69. The SMILES string of the molecule is COc1ccc(Cc2nc3cccnc3n2C2CCCN2)cc1. The molecule has 23 heavy (non-hydrogen) atoms. The number of imidazole rings is 1. The van der Waals surface area contributed by atoms with Gasteiger partial charge in [-0.25, -0.2) is 9.97 Å². The van der Waals surface area contributed by atoms with Gasteiger partial charge in [-0.2, -0.15) is 0 Å². The van der Waals surface area contributed by atoms with E-state index in [0.717, 1.165) is 42.1 Å². The largest absolute Gasteiger partial charge is 0.497 e. The summed E-state index contributed by atoms with van der Waals surface area (Å²) in [6, 6.07) is 12.2. The van der Waals surface area contributed by atoms with E-state index in [1.54, 1.807) is 7.11 Å². The number of hydrogen-bond acceptors (Lipinski definition) is 4. The Balaban J connectivity index is 1.74. The van der Waals surface area contributed by atoms with Gasteiger partial charge in [-0.15, -0.1) is 0 Å². The summed E-state index contributed by atoms with van der Waals surface area (Å²) in [5.41, 5.74) is 3.15. The standard InChI is InChI=1S/C18H20N4O/c1-23-14-8-6-13(7-9-14)12-17-21-15-4-2-11-20-18(15)22(17)16-5-3-10-19-16/h2,4,6-9,11,16,19H,3,5,10,12H2,1H3. The molecule has 1 aliphatic heterocycles. The third-order valence-corrected chi connectivity index (χ3v) is 4.39. The summed E-state index contributed by atoms with van der Waals surface area (Å²) in [6.45, 7) is 1.05. The number of benzene rings is 1. The zero-order chi connectivity index (χ0) is 15.6. The van der Waals surface area contributed by atoms with Gasteiger partial charge in [0.1, 0.15) is 17.1 Å². The van der Waals surface area contributed by atoms with Gasteiger partial charge < -0.3 is 4.74 Å². The number of nitrogens with zero attached hydrogens (tertiary/aromatic N) is 3. The molecule has 1 fully saturated rings. The monoisotopic (exact) mass is 308 g/mol. The van der Waals surface area contributed by atoms with Crippen molar-refractivity contribution in [2.45, 2.75) is 25.4 Å². The van der Waals surface area contributed by atoms with Crippen LogP contribution in [0.3, 0.4) is 0 Å². The molecule has 3 aromatic rings. The Bertz CT molecular complexity index is 804. The van der Waals surface area contributed by atoms with E-state index >= 15 is 0 Å². The quantitative estimate of drug-likeness (QED) is 0.805. The highest BCUT2D eigenvalue weighted by Crippen LogP contribution is 2.25. The van der Waals surface area contributed by atoms with Crippen molar-refractivity contribution in [3.63, 3.8) is 0 Å². The molecular formula is C18H20N4O. The van der Waals surface area contributed by atoms with Crippen LogP contribution in [-0.2, 0) is 6.42 Å². The number of methoxy groups -OCH3 is 1. The minimum atomic E-state index is 0.295. The van der Waals surface area contributed by atoms with Crippen LogP contribution in [0.2, 0.25) is 0 Å². The molecule has 118 valence electrons. The Morgan fingerprint density at radius 2 is 2.13 bits per heavy atom. The average molecular weight is 308 g/mol. The smallest absolute Gasteiger partial charge is 0.161 e. The first kappa shape index (κ1) is 14.2. The Hall–Kier alpha value is -2.40. The van der Waals surface area contributed by atoms with Gasteiger partial charge in [-0.3, -0.25) is 9.88 Å². The van der Waals surface area contributed by atoms with Crippen molar-refractivity contribution in [2.24, 2.45) is 0 Å². The number of aromatic nitrogens is 3. The number of pyridine rings is 1. The van der Waals surface area contributed by atoms with E-state index in [4.69, 9.17) is 9.72 Å². The highest BCUT2D eigenvalue weighted by Gasteiger charge is 2.22. The van der Waals surface area contributed by atoms with Crippen molar-refractivity contribution in [1.29, 1.82) is 0 Å². The molecular weight excluding hydrogens is 288 g/mol. The topological polar surface area (TPSA) is 52.0 Å². The van der Waals surface area contributed by atoms with E-state index < -0.39 is 0 Å². The normalized spacial score (nSPS) is 17.7. The van der Waals surface area contributed by atoms with Crippen molar-refractivity contribution in [1.82, 2.24) is 19.9 Å². The molecule has 1 saturated heterocycles. The number of rotatable bonds is 4. The summed E-state index contributed by atoms with van der Waals surface area (Å²) in [6.07, 6.45) is 5.24. The van der Waals surface area contributed by atoms with Crippen molar-refractivity contribution < 1.29 is 4.74 Å². The van der Waals surface area contributed by atoms with Gasteiger partial charge in [0.05, 0.1) is 13.3 Å². The fourth-order valence-corrected chi connectivity index (χ4v) is 3.24. The van der Waals surface area contributed by atoms with Crippen LogP contribution in [-0.4, -0.2) is 28.2 Å². The second-order valence-corrected chi connectivity index (χ2v) is 5.88. The number of ether oxygens (including phenoxy) is 1. The van der Waals surface area contributed by atoms with Gasteiger partial charge >= 0.3 is 0 Å². The van der Waals surface area contributed by atoms with Crippen LogP contribution in [0.15, 0.2) is 42.6 Å². The Morgan fingerprint density at radius 3 is 2.87 bits per heavy atom. The maximum atomic E-state index is 5.23. The molecule has 1 atom stereocenters. The van der Waals surface area contributed by atoms with Crippen LogP contribution < -0.4 is 10.1 Å². The molecule has 1 N–H and O–H groups in total. The highest BCUT2D eigenvalue weighted by molar-refractivity contribution is 5.71. The summed E-state index contributed by atoms with van der Waals surface area (Å²) < 4.78 is 7.50. The minimum absolute atomic E-state index is 0.295. The van der Waals surface area contributed by atoms with Gasteiger partial charge in [-0.1, -0.05) is 12.1 Å². The van der Waals surface area contributed by atoms with E-state index in [0.29, 0.717) is 6.17 Å². The van der Waals surface area contributed by atoms with Gasteiger partial charge in [-0.05, 0) is 49.2 Å². The molecule has 5 nitrogen and oxygen atoms in total. The van der Waals surface area contributed by atoms with Gasteiger partial charge in [0.25, 0.3) is 0 Å². The number of hydrogen-bond donors (Lipinski definition) is 1. The molecule has 0 bridgehead atoms. The van der Waals surface area contributed by atoms with E-state index in [9.17, 15) is 0 Å². The van der Waals surface area contributed by atoms with Gasteiger partial charge in [0.2, 0.25) is 0 Å². The van der Waals surface area contributed by atoms with E-state index in [1.165, 1.54) is 12.0 Å².